The van der Waals surface area contributed by atoms with E-state index >= 15 is 0 Å². The van der Waals surface area contributed by atoms with Crippen molar-refractivity contribution in [3.05, 3.63) is 64.4 Å². The number of fused-ring (bicyclic) bond motifs is 1. The molecule has 0 unspecified atom stereocenters. The molecule has 0 bridgehead atoms. The molecule has 0 aromatic heterocycles. The van der Waals surface area contributed by atoms with Crippen LogP contribution in [0.1, 0.15) is 11.1 Å². The van der Waals surface area contributed by atoms with Crippen LogP contribution in [-0.2, 0) is 13.0 Å². The Morgan fingerprint density at radius 2 is 2.10 bits per heavy atom. The fourth-order valence-electron chi connectivity index (χ4n) is 2.47. The number of rotatable bonds is 2. The van der Waals surface area contributed by atoms with Gasteiger partial charge in [0.15, 0.2) is 0 Å². The van der Waals surface area contributed by atoms with Crippen molar-refractivity contribution in [1.82, 2.24) is 5.32 Å². The van der Waals surface area contributed by atoms with E-state index in [4.69, 9.17) is 11.6 Å². The van der Waals surface area contributed by atoms with E-state index in [-0.39, 0.29) is 11.1 Å². The van der Waals surface area contributed by atoms with E-state index in [9.17, 15) is 9.18 Å². The minimum atomic E-state index is -0.458. The minimum absolute atomic E-state index is 0.0632. The average Bonchev–Trinajstić information content (AvgIpc) is 2.92. The van der Waals surface area contributed by atoms with Crippen LogP contribution in [0.25, 0.3) is 0 Å². The van der Waals surface area contributed by atoms with Crippen molar-refractivity contribution in [2.45, 2.75) is 13.0 Å². The first-order valence-corrected chi connectivity index (χ1v) is 7.10. The monoisotopic (exact) mass is 304 g/mol. The fourth-order valence-corrected chi connectivity index (χ4v) is 2.68. The maximum Gasteiger partial charge on any atom is 0.322 e. The third-order valence-electron chi connectivity index (χ3n) is 3.56. The average molecular weight is 305 g/mol. The van der Waals surface area contributed by atoms with Crippen molar-refractivity contribution in [1.29, 1.82) is 0 Å². The zero-order valence-electron chi connectivity index (χ0n) is 11.3. The van der Waals surface area contributed by atoms with Crippen molar-refractivity contribution >= 4 is 23.3 Å². The predicted octanol–water partition coefficient (Wildman–Crippen LogP) is 3.75. The molecule has 0 spiro atoms. The first-order chi connectivity index (χ1) is 10.1. The van der Waals surface area contributed by atoms with Gasteiger partial charge in [-0.25, -0.2) is 9.18 Å². The van der Waals surface area contributed by atoms with E-state index in [1.165, 1.54) is 17.7 Å². The molecule has 0 fully saturated rings. The molecule has 1 heterocycles. The Bertz CT molecular complexity index is 690. The Morgan fingerprint density at radius 1 is 1.29 bits per heavy atom. The van der Waals surface area contributed by atoms with Crippen LogP contribution >= 0.6 is 11.6 Å². The second-order valence-corrected chi connectivity index (χ2v) is 5.34. The minimum Gasteiger partial charge on any atom is -0.334 e. The van der Waals surface area contributed by atoms with E-state index in [1.807, 2.05) is 24.3 Å². The number of nitrogens with one attached hydrogen (secondary N) is 1. The van der Waals surface area contributed by atoms with Crippen molar-refractivity contribution in [3.63, 3.8) is 0 Å². The van der Waals surface area contributed by atoms with E-state index in [2.05, 4.69) is 5.32 Å². The number of nitrogens with zero attached hydrogens (tertiary/aromatic N) is 1. The first kappa shape index (κ1) is 13.9. The van der Waals surface area contributed by atoms with Crippen molar-refractivity contribution in [2.75, 3.05) is 11.4 Å². The van der Waals surface area contributed by atoms with Gasteiger partial charge in [0.2, 0.25) is 0 Å². The molecule has 0 aliphatic carbocycles. The summed E-state index contributed by atoms with van der Waals surface area (Å²) >= 11 is 5.73. The summed E-state index contributed by atoms with van der Waals surface area (Å²) < 4.78 is 13.1. The number of urea groups is 1. The van der Waals surface area contributed by atoms with E-state index in [1.54, 1.807) is 11.0 Å². The summed E-state index contributed by atoms with van der Waals surface area (Å²) in [6.45, 7) is 0.993. The highest BCUT2D eigenvalue weighted by molar-refractivity contribution is 6.30. The summed E-state index contributed by atoms with van der Waals surface area (Å²) in [6, 6.07) is 12.1. The molecule has 0 atom stereocenters. The van der Waals surface area contributed by atoms with Gasteiger partial charge in [-0.15, -0.1) is 0 Å². The standard InChI is InChI=1S/C16H14ClFN2O/c17-13-9-11(5-6-14(13)18)10-19-16(21)20-8-7-12-3-1-2-4-15(12)20/h1-6,9H,7-8,10H2,(H,19,21). The zero-order valence-corrected chi connectivity index (χ0v) is 12.0. The Morgan fingerprint density at radius 3 is 2.90 bits per heavy atom. The predicted molar refractivity (Wildman–Crippen MR) is 81.1 cm³/mol. The summed E-state index contributed by atoms with van der Waals surface area (Å²) in [5.41, 5.74) is 2.90. The first-order valence-electron chi connectivity index (χ1n) is 6.72. The molecule has 1 aliphatic rings. The molecule has 2 aromatic carbocycles. The maximum atomic E-state index is 13.1. The molecule has 108 valence electrons. The highest BCUT2D eigenvalue weighted by Crippen LogP contribution is 2.27. The van der Waals surface area contributed by atoms with Gasteiger partial charge in [0.1, 0.15) is 5.82 Å². The van der Waals surface area contributed by atoms with Gasteiger partial charge >= 0.3 is 6.03 Å². The Kier molecular flexibility index (Phi) is 3.80. The molecular formula is C16H14ClFN2O. The van der Waals surface area contributed by atoms with Crippen molar-refractivity contribution in [2.24, 2.45) is 0 Å². The Balaban J connectivity index is 1.66. The third kappa shape index (κ3) is 2.85. The normalized spacial score (nSPS) is 13.1. The molecule has 2 amide bonds. The number of benzene rings is 2. The summed E-state index contributed by atoms with van der Waals surface area (Å²) in [6.07, 6.45) is 0.867. The summed E-state index contributed by atoms with van der Waals surface area (Å²) in [7, 11) is 0. The lowest BCUT2D eigenvalue weighted by atomic mass is 10.2. The lowest BCUT2D eigenvalue weighted by molar-refractivity contribution is 0.246. The fraction of sp³-hybridized carbons (Fsp3) is 0.188. The van der Waals surface area contributed by atoms with Gasteiger partial charge in [0.05, 0.1) is 5.02 Å². The lowest BCUT2D eigenvalue weighted by Gasteiger charge is -2.18. The SMILES string of the molecule is O=C(NCc1ccc(F)c(Cl)c1)N1CCc2ccccc21. The van der Waals surface area contributed by atoms with Crippen LogP contribution in [0.4, 0.5) is 14.9 Å². The Labute approximate surface area is 127 Å². The third-order valence-corrected chi connectivity index (χ3v) is 3.85. The van der Waals surface area contributed by atoms with E-state index in [0.717, 1.165) is 17.7 Å². The van der Waals surface area contributed by atoms with Gasteiger partial charge in [-0.1, -0.05) is 35.9 Å². The molecule has 3 nitrogen and oxygen atoms in total. The van der Waals surface area contributed by atoms with Gasteiger partial charge in [-0.3, -0.25) is 4.90 Å². The van der Waals surface area contributed by atoms with Gasteiger partial charge in [0.25, 0.3) is 0 Å². The molecule has 1 aliphatic heterocycles. The number of amides is 2. The topological polar surface area (TPSA) is 32.3 Å². The van der Waals surface area contributed by atoms with E-state index in [0.29, 0.717) is 13.1 Å². The molecule has 0 saturated carbocycles. The van der Waals surface area contributed by atoms with Crippen LogP contribution < -0.4 is 10.2 Å². The number of hydrogen-bond acceptors (Lipinski definition) is 1. The molecule has 21 heavy (non-hydrogen) atoms. The van der Waals surface area contributed by atoms with Crippen LogP contribution in [0, 0.1) is 5.82 Å². The molecule has 2 aromatic rings. The largest absolute Gasteiger partial charge is 0.334 e. The number of carbonyl (C=O) groups is 1. The van der Waals surface area contributed by atoms with Crippen molar-refractivity contribution < 1.29 is 9.18 Å². The van der Waals surface area contributed by atoms with Crippen LogP contribution in [0.3, 0.4) is 0 Å². The van der Waals surface area contributed by atoms with Crippen LogP contribution in [0.2, 0.25) is 5.02 Å². The highest BCUT2D eigenvalue weighted by atomic mass is 35.5. The maximum absolute atomic E-state index is 13.1. The second kappa shape index (κ2) is 5.74. The smallest absolute Gasteiger partial charge is 0.322 e. The molecular weight excluding hydrogens is 291 g/mol. The summed E-state index contributed by atoms with van der Waals surface area (Å²) in [5, 5.41) is 2.90. The molecule has 0 saturated heterocycles. The van der Waals surface area contributed by atoms with Gasteiger partial charge < -0.3 is 5.32 Å². The molecule has 5 heteroatoms. The molecule has 3 rings (SSSR count). The molecule has 1 N–H and O–H groups in total. The zero-order chi connectivity index (χ0) is 14.8. The van der Waals surface area contributed by atoms with E-state index < -0.39 is 5.82 Å². The number of hydrogen-bond donors (Lipinski definition) is 1. The molecule has 0 radical (unpaired) electrons. The number of carbonyl (C=O) groups excluding carboxylic acids is 1. The highest BCUT2D eigenvalue weighted by Gasteiger charge is 2.23. The van der Waals surface area contributed by atoms with Crippen LogP contribution in [0.15, 0.2) is 42.5 Å². The summed E-state index contributed by atoms with van der Waals surface area (Å²) in [4.78, 5) is 14.0. The summed E-state index contributed by atoms with van der Waals surface area (Å²) in [5.74, 6) is -0.458. The van der Waals surface area contributed by atoms with Crippen LogP contribution in [0.5, 0.6) is 0 Å². The van der Waals surface area contributed by atoms with Gasteiger partial charge in [-0.05, 0) is 35.7 Å². The lowest BCUT2D eigenvalue weighted by Crippen LogP contribution is -2.38. The number of halogens is 2. The Hall–Kier alpha value is -2.07. The van der Waals surface area contributed by atoms with Crippen molar-refractivity contribution in [3.8, 4) is 0 Å². The number of para-hydroxylation sites is 1. The second-order valence-electron chi connectivity index (χ2n) is 4.94. The van der Waals surface area contributed by atoms with Crippen LogP contribution in [-0.4, -0.2) is 12.6 Å². The quantitative estimate of drug-likeness (QED) is 0.900. The number of anilines is 1. The van der Waals surface area contributed by atoms with Gasteiger partial charge in [-0.2, -0.15) is 0 Å². The van der Waals surface area contributed by atoms with Gasteiger partial charge in [0, 0.05) is 18.8 Å².